The van der Waals surface area contributed by atoms with Crippen LogP contribution in [0, 0.1) is 0 Å². The van der Waals surface area contributed by atoms with Crippen molar-refractivity contribution in [3.8, 4) is 11.5 Å². The van der Waals surface area contributed by atoms with Gasteiger partial charge in [0.25, 0.3) is 5.91 Å². The van der Waals surface area contributed by atoms with E-state index in [-0.39, 0.29) is 11.9 Å². The average Bonchev–Trinajstić information content (AvgIpc) is 2.83. The van der Waals surface area contributed by atoms with E-state index in [0.29, 0.717) is 30.4 Å². The van der Waals surface area contributed by atoms with Crippen LogP contribution in [0.3, 0.4) is 0 Å². The molecule has 1 saturated heterocycles. The molecule has 0 spiro atoms. The number of aliphatic imine (C=N–C) groups is 1. The molecule has 5 nitrogen and oxygen atoms in total. The SMILES string of the molecule is C=CCN1C(=O)/C(=C/c2ccc3c(c2)OCCO3)SC1=NC(C)C. The van der Waals surface area contributed by atoms with Crippen LogP contribution >= 0.6 is 11.8 Å². The quantitative estimate of drug-likeness (QED) is 0.621. The van der Waals surface area contributed by atoms with Gasteiger partial charge < -0.3 is 9.47 Å². The minimum absolute atomic E-state index is 0.0470. The third-order valence-electron chi connectivity index (χ3n) is 3.43. The van der Waals surface area contributed by atoms with Gasteiger partial charge in [-0.25, -0.2) is 0 Å². The molecule has 2 heterocycles. The molecule has 0 unspecified atom stereocenters. The van der Waals surface area contributed by atoms with Gasteiger partial charge in [0.05, 0.1) is 4.91 Å². The first-order chi connectivity index (χ1) is 11.6. The number of hydrogen-bond donors (Lipinski definition) is 0. The van der Waals surface area contributed by atoms with Gasteiger partial charge in [0.1, 0.15) is 13.2 Å². The van der Waals surface area contributed by atoms with Crippen LogP contribution in [-0.2, 0) is 4.79 Å². The summed E-state index contributed by atoms with van der Waals surface area (Å²) in [6, 6.07) is 5.81. The number of thioether (sulfide) groups is 1. The molecule has 0 radical (unpaired) electrons. The van der Waals surface area contributed by atoms with Crippen LogP contribution < -0.4 is 9.47 Å². The van der Waals surface area contributed by atoms with Crippen LogP contribution in [0.4, 0.5) is 0 Å². The van der Waals surface area contributed by atoms with Gasteiger partial charge >= 0.3 is 0 Å². The number of hydrogen-bond acceptors (Lipinski definition) is 5. The summed E-state index contributed by atoms with van der Waals surface area (Å²) in [5, 5.41) is 0.721. The molecule has 0 bridgehead atoms. The van der Waals surface area contributed by atoms with Crippen molar-refractivity contribution < 1.29 is 14.3 Å². The van der Waals surface area contributed by atoms with Gasteiger partial charge in [0, 0.05) is 12.6 Å². The summed E-state index contributed by atoms with van der Waals surface area (Å²) in [5.74, 6) is 1.41. The summed E-state index contributed by atoms with van der Waals surface area (Å²) >= 11 is 1.40. The molecule has 1 amide bonds. The molecule has 1 aromatic carbocycles. The molecule has 1 fully saturated rings. The maximum Gasteiger partial charge on any atom is 0.267 e. The number of carbonyl (C=O) groups excluding carboxylic acids is 1. The molecule has 0 aromatic heterocycles. The molecule has 2 aliphatic heterocycles. The lowest BCUT2D eigenvalue weighted by Crippen LogP contribution is -2.29. The largest absolute Gasteiger partial charge is 0.486 e. The van der Waals surface area contributed by atoms with Gasteiger partial charge in [-0.1, -0.05) is 12.1 Å². The Labute approximate surface area is 146 Å². The maximum atomic E-state index is 12.6. The van der Waals surface area contributed by atoms with Crippen LogP contribution in [0.1, 0.15) is 19.4 Å². The van der Waals surface area contributed by atoms with Crippen molar-refractivity contribution in [2.45, 2.75) is 19.9 Å². The van der Waals surface area contributed by atoms with Crippen molar-refractivity contribution in [2.75, 3.05) is 19.8 Å². The summed E-state index contributed by atoms with van der Waals surface area (Å²) in [6.45, 7) is 9.26. The third kappa shape index (κ3) is 3.48. The first-order valence-corrected chi connectivity index (χ1v) is 8.70. The van der Waals surface area contributed by atoms with Crippen molar-refractivity contribution in [3.05, 3.63) is 41.3 Å². The summed E-state index contributed by atoms with van der Waals surface area (Å²) in [5.41, 5.74) is 0.902. The Bertz CT molecular complexity index is 725. The fraction of sp³-hybridized carbons (Fsp3) is 0.333. The van der Waals surface area contributed by atoms with Gasteiger partial charge in [-0.05, 0) is 49.4 Å². The summed E-state index contributed by atoms with van der Waals surface area (Å²) in [4.78, 5) is 19.5. The fourth-order valence-corrected chi connectivity index (χ4v) is 3.54. The zero-order valence-electron chi connectivity index (χ0n) is 13.8. The molecule has 1 aromatic rings. The zero-order chi connectivity index (χ0) is 17.1. The molecule has 2 aliphatic rings. The van der Waals surface area contributed by atoms with Gasteiger partial charge in [-0.3, -0.25) is 14.7 Å². The highest BCUT2D eigenvalue weighted by Gasteiger charge is 2.32. The topological polar surface area (TPSA) is 51.1 Å². The maximum absolute atomic E-state index is 12.6. The molecule has 0 aliphatic carbocycles. The molecule has 0 atom stereocenters. The van der Waals surface area contributed by atoms with E-state index in [1.807, 2.05) is 38.1 Å². The monoisotopic (exact) mass is 344 g/mol. The molecule has 24 heavy (non-hydrogen) atoms. The Kier molecular flexibility index (Phi) is 4.94. The second-order valence-corrected chi connectivity index (χ2v) is 6.73. The normalized spacial score (nSPS) is 20.3. The molecular weight excluding hydrogens is 324 g/mol. The van der Waals surface area contributed by atoms with E-state index in [4.69, 9.17) is 9.47 Å². The summed E-state index contributed by atoms with van der Waals surface area (Å²) in [7, 11) is 0. The summed E-state index contributed by atoms with van der Waals surface area (Å²) in [6.07, 6.45) is 3.57. The number of ether oxygens (including phenoxy) is 2. The van der Waals surface area contributed by atoms with E-state index in [2.05, 4.69) is 11.6 Å². The van der Waals surface area contributed by atoms with Crippen molar-refractivity contribution in [2.24, 2.45) is 4.99 Å². The number of benzene rings is 1. The average molecular weight is 344 g/mol. The van der Waals surface area contributed by atoms with E-state index in [0.717, 1.165) is 16.5 Å². The van der Waals surface area contributed by atoms with E-state index < -0.39 is 0 Å². The standard InChI is InChI=1S/C18H20N2O3S/c1-4-7-20-17(21)16(24-18(20)19-12(2)3)11-13-5-6-14-15(10-13)23-9-8-22-14/h4-6,10-12H,1,7-9H2,2-3H3/b16-11-,19-18?. The second-order valence-electron chi connectivity index (χ2n) is 5.72. The Balaban J connectivity index is 1.89. The second kappa shape index (κ2) is 7.13. The molecule has 0 N–H and O–H groups in total. The number of amidine groups is 1. The van der Waals surface area contributed by atoms with Gasteiger partial charge in [-0.2, -0.15) is 0 Å². The Morgan fingerprint density at radius 2 is 2.08 bits per heavy atom. The number of fused-ring (bicyclic) bond motifs is 1. The zero-order valence-corrected chi connectivity index (χ0v) is 14.6. The highest BCUT2D eigenvalue weighted by Crippen LogP contribution is 2.35. The molecule has 3 rings (SSSR count). The van der Waals surface area contributed by atoms with Crippen molar-refractivity contribution >= 4 is 28.9 Å². The van der Waals surface area contributed by atoms with Crippen LogP contribution in [0.5, 0.6) is 11.5 Å². The molecule has 6 heteroatoms. The van der Waals surface area contributed by atoms with Crippen molar-refractivity contribution in [1.82, 2.24) is 4.90 Å². The number of carbonyl (C=O) groups is 1. The molecule has 0 saturated carbocycles. The lowest BCUT2D eigenvalue weighted by atomic mass is 10.1. The van der Waals surface area contributed by atoms with Gasteiger partial charge in [0.2, 0.25) is 0 Å². The number of rotatable bonds is 4. The predicted octanol–water partition coefficient (Wildman–Crippen LogP) is 3.32. The van der Waals surface area contributed by atoms with E-state index in [9.17, 15) is 4.79 Å². The lowest BCUT2D eigenvalue weighted by Gasteiger charge is -2.18. The minimum Gasteiger partial charge on any atom is -0.486 e. The first kappa shape index (κ1) is 16.6. The predicted molar refractivity (Wildman–Crippen MR) is 97.5 cm³/mol. The first-order valence-electron chi connectivity index (χ1n) is 7.88. The van der Waals surface area contributed by atoms with Crippen LogP contribution in [0.25, 0.3) is 6.08 Å². The minimum atomic E-state index is -0.0470. The van der Waals surface area contributed by atoms with Crippen LogP contribution in [0.2, 0.25) is 0 Å². The van der Waals surface area contributed by atoms with E-state index >= 15 is 0 Å². The highest BCUT2D eigenvalue weighted by molar-refractivity contribution is 8.18. The fourth-order valence-electron chi connectivity index (χ4n) is 2.42. The van der Waals surface area contributed by atoms with Crippen LogP contribution in [-0.4, -0.2) is 41.8 Å². The third-order valence-corrected chi connectivity index (χ3v) is 4.45. The van der Waals surface area contributed by atoms with Crippen molar-refractivity contribution in [1.29, 1.82) is 0 Å². The van der Waals surface area contributed by atoms with Crippen molar-refractivity contribution in [3.63, 3.8) is 0 Å². The Hall–Kier alpha value is -2.21. The number of amides is 1. The molecular formula is C18H20N2O3S. The van der Waals surface area contributed by atoms with Crippen LogP contribution in [0.15, 0.2) is 40.8 Å². The Morgan fingerprint density at radius 1 is 1.33 bits per heavy atom. The highest BCUT2D eigenvalue weighted by atomic mass is 32.2. The van der Waals surface area contributed by atoms with Gasteiger partial charge in [0.15, 0.2) is 16.7 Å². The van der Waals surface area contributed by atoms with E-state index in [1.54, 1.807) is 11.0 Å². The molecule has 126 valence electrons. The van der Waals surface area contributed by atoms with E-state index in [1.165, 1.54) is 11.8 Å². The Morgan fingerprint density at radius 3 is 2.79 bits per heavy atom. The van der Waals surface area contributed by atoms with Gasteiger partial charge in [-0.15, -0.1) is 6.58 Å². The number of nitrogens with zero attached hydrogens (tertiary/aromatic N) is 2. The smallest absolute Gasteiger partial charge is 0.267 e. The summed E-state index contributed by atoms with van der Waals surface area (Å²) < 4.78 is 11.1. The lowest BCUT2D eigenvalue weighted by molar-refractivity contribution is -0.121.